The van der Waals surface area contributed by atoms with E-state index in [9.17, 15) is 0 Å². The van der Waals surface area contributed by atoms with Crippen LogP contribution < -0.4 is 5.32 Å². The number of nitrogens with zero attached hydrogens (tertiary/aromatic N) is 2. The third-order valence-electron chi connectivity index (χ3n) is 4.48. The van der Waals surface area contributed by atoms with Crippen molar-refractivity contribution in [3.05, 3.63) is 64.8 Å². The van der Waals surface area contributed by atoms with Crippen LogP contribution in [0.2, 0.25) is 0 Å². The Bertz CT molecular complexity index is 867. The number of thiophene rings is 1. The number of fused-ring (bicyclic) bond motifs is 3. The fourth-order valence-electron chi connectivity index (χ4n) is 3.36. The largest absolute Gasteiger partial charge is 0.366 e. The summed E-state index contributed by atoms with van der Waals surface area (Å²) in [6.07, 6.45) is 7.54. The SMILES string of the molecule is C=CCNc1nc(Cc2ccccc2)nc2sc3c(c12)CCCC3. The van der Waals surface area contributed by atoms with Gasteiger partial charge in [0.1, 0.15) is 16.5 Å². The number of benzene rings is 1. The molecule has 1 aromatic carbocycles. The van der Waals surface area contributed by atoms with Crippen molar-refractivity contribution in [1.29, 1.82) is 0 Å². The van der Waals surface area contributed by atoms with E-state index in [2.05, 4.69) is 36.2 Å². The Balaban J connectivity index is 1.79. The number of hydrogen-bond acceptors (Lipinski definition) is 4. The molecule has 24 heavy (non-hydrogen) atoms. The highest BCUT2D eigenvalue weighted by Gasteiger charge is 2.21. The molecule has 3 aromatic rings. The number of nitrogens with one attached hydrogen (secondary N) is 1. The van der Waals surface area contributed by atoms with Crippen molar-refractivity contribution < 1.29 is 0 Å². The summed E-state index contributed by atoms with van der Waals surface area (Å²) in [5, 5.41) is 4.68. The van der Waals surface area contributed by atoms with Crippen LogP contribution in [-0.4, -0.2) is 16.5 Å². The number of anilines is 1. The van der Waals surface area contributed by atoms with Gasteiger partial charge in [0.2, 0.25) is 0 Å². The number of aromatic nitrogens is 2. The van der Waals surface area contributed by atoms with Crippen LogP contribution in [0.4, 0.5) is 5.82 Å². The van der Waals surface area contributed by atoms with Crippen molar-refractivity contribution in [2.45, 2.75) is 32.1 Å². The summed E-state index contributed by atoms with van der Waals surface area (Å²) in [7, 11) is 0. The van der Waals surface area contributed by atoms with E-state index >= 15 is 0 Å². The predicted molar refractivity (Wildman–Crippen MR) is 102 cm³/mol. The molecule has 0 fully saturated rings. The molecule has 4 heteroatoms. The van der Waals surface area contributed by atoms with Gasteiger partial charge < -0.3 is 5.32 Å². The molecule has 1 N–H and O–H groups in total. The van der Waals surface area contributed by atoms with Gasteiger partial charge in [-0.2, -0.15) is 0 Å². The summed E-state index contributed by atoms with van der Waals surface area (Å²) in [5.41, 5.74) is 2.71. The Hall–Kier alpha value is -2.20. The maximum atomic E-state index is 4.89. The molecule has 1 aliphatic rings. The van der Waals surface area contributed by atoms with Crippen LogP contribution >= 0.6 is 11.3 Å². The molecule has 0 atom stereocenters. The monoisotopic (exact) mass is 335 g/mol. The smallest absolute Gasteiger partial charge is 0.139 e. The van der Waals surface area contributed by atoms with Gasteiger partial charge in [0.25, 0.3) is 0 Å². The zero-order valence-corrected chi connectivity index (χ0v) is 14.5. The summed E-state index contributed by atoms with van der Waals surface area (Å²) in [6.45, 7) is 4.54. The van der Waals surface area contributed by atoms with Gasteiger partial charge in [-0.1, -0.05) is 36.4 Å². The molecule has 1 aliphatic carbocycles. The standard InChI is InChI=1S/C20H21N3S/c1-2-12-21-19-18-15-10-6-7-11-16(15)24-20(18)23-17(22-19)13-14-8-4-3-5-9-14/h2-5,8-9H,1,6-7,10-13H2,(H,21,22,23). The molecule has 0 saturated heterocycles. The Labute approximate surface area is 146 Å². The molecular formula is C20H21N3S. The molecule has 2 heterocycles. The third kappa shape index (κ3) is 2.94. The quantitative estimate of drug-likeness (QED) is 0.683. The van der Waals surface area contributed by atoms with Gasteiger partial charge in [-0.3, -0.25) is 0 Å². The summed E-state index contributed by atoms with van der Waals surface area (Å²) in [4.78, 5) is 12.4. The van der Waals surface area contributed by atoms with E-state index < -0.39 is 0 Å². The Morgan fingerprint density at radius 2 is 1.96 bits per heavy atom. The molecule has 0 spiro atoms. The van der Waals surface area contributed by atoms with E-state index in [1.165, 1.54) is 40.7 Å². The minimum Gasteiger partial charge on any atom is -0.366 e. The lowest BCUT2D eigenvalue weighted by molar-refractivity contribution is 0.700. The van der Waals surface area contributed by atoms with Crippen molar-refractivity contribution in [2.75, 3.05) is 11.9 Å². The van der Waals surface area contributed by atoms with E-state index in [-0.39, 0.29) is 0 Å². The molecule has 0 amide bonds. The maximum absolute atomic E-state index is 4.89. The second-order valence-electron chi connectivity index (χ2n) is 6.21. The molecule has 0 unspecified atom stereocenters. The third-order valence-corrected chi connectivity index (χ3v) is 5.67. The first-order valence-corrected chi connectivity index (χ1v) is 9.36. The zero-order chi connectivity index (χ0) is 16.4. The fraction of sp³-hybridized carbons (Fsp3) is 0.300. The molecule has 2 aromatic heterocycles. The Morgan fingerprint density at radius 1 is 1.12 bits per heavy atom. The van der Waals surface area contributed by atoms with Crippen molar-refractivity contribution in [2.24, 2.45) is 0 Å². The summed E-state index contributed by atoms with van der Waals surface area (Å²) >= 11 is 1.86. The molecule has 4 rings (SSSR count). The van der Waals surface area contributed by atoms with Crippen molar-refractivity contribution in [1.82, 2.24) is 9.97 Å². The van der Waals surface area contributed by atoms with Crippen molar-refractivity contribution >= 4 is 27.4 Å². The van der Waals surface area contributed by atoms with E-state index in [1.807, 2.05) is 23.5 Å². The second kappa shape index (κ2) is 6.73. The van der Waals surface area contributed by atoms with Gasteiger partial charge in [-0.05, 0) is 36.8 Å². The van der Waals surface area contributed by atoms with E-state index in [0.29, 0.717) is 0 Å². The average molecular weight is 335 g/mol. The topological polar surface area (TPSA) is 37.8 Å². The molecule has 0 aliphatic heterocycles. The van der Waals surface area contributed by atoms with Gasteiger partial charge in [0, 0.05) is 17.8 Å². The molecule has 0 radical (unpaired) electrons. The highest BCUT2D eigenvalue weighted by molar-refractivity contribution is 7.19. The van der Waals surface area contributed by atoms with Gasteiger partial charge in [0.05, 0.1) is 5.39 Å². The number of hydrogen-bond donors (Lipinski definition) is 1. The molecule has 0 saturated carbocycles. The normalized spacial score (nSPS) is 13.7. The van der Waals surface area contributed by atoms with Gasteiger partial charge in [-0.15, -0.1) is 17.9 Å². The Kier molecular flexibility index (Phi) is 4.30. The van der Waals surface area contributed by atoms with Crippen LogP contribution in [-0.2, 0) is 19.3 Å². The fourth-order valence-corrected chi connectivity index (χ4v) is 4.64. The summed E-state index contributed by atoms with van der Waals surface area (Å²) < 4.78 is 0. The Morgan fingerprint density at radius 3 is 2.79 bits per heavy atom. The lowest BCUT2D eigenvalue weighted by atomic mass is 9.97. The zero-order valence-electron chi connectivity index (χ0n) is 13.7. The van der Waals surface area contributed by atoms with Crippen molar-refractivity contribution in [3.63, 3.8) is 0 Å². The molecular weight excluding hydrogens is 314 g/mol. The van der Waals surface area contributed by atoms with Gasteiger partial charge in [0.15, 0.2) is 0 Å². The first kappa shape index (κ1) is 15.3. The van der Waals surface area contributed by atoms with E-state index in [1.54, 1.807) is 0 Å². The average Bonchev–Trinajstić information content (AvgIpc) is 2.99. The van der Waals surface area contributed by atoms with Crippen LogP contribution in [0, 0.1) is 0 Å². The van der Waals surface area contributed by atoms with Crippen LogP contribution in [0.15, 0.2) is 43.0 Å². The lowest BCUT2D eigenvalue weighted by Gasteiger charge is -2.12. The van der Waals surface area contributed by atoms with Crippen LogP contribution in [0.5, 0.6) is 0 Å². The van der Waals surface area contributed by atoms with Crippen LogP contribution in [0.3, 0.4) is 0 Å². The molecule has 0 bridgehead atoms. The second-order valence-corrected chi connectivity index (χ2v) is 7.30. The van der Waals surface area contributed by atoms with Crippen LogP contribution in [0.1, 0.15) is 34.7 Å². The predicted octanol–water partition coefficient (Wildman–Crippen LogP) is 4.76. The van der Waals surface area contributed by atoms with Crippen LogP contribution in [0.25, 0.3) is 10.2 Å². The molecule has 122 valence electrons. The summed E-state index contributed by atoms with van der Waals surface area (Å²) in [6, 6.07) is 10.4. The maximum Gasteiger partial charge on any atom is 0.139 e. The summed E-state index contributed by atoms with van der Waals surface area (Å²) in [5.74, 6) is 1.86. The van der Waals surface area contributed by atoms with Gasteiger partial charge in [-0.25, -0.2) is 9.97 Å². The molecule has 3 nitrogen and oxygen atoms in total. The number of rotatable bonds is 5. The highest BCUT2D eigenvalue weighted by Crippen LogP contribution is 2.38. The lowest BCUT2D eigenvalue weighted by Crippen LogP contribution is -2.07. The first-order valence-electron chi connectivity index (χ1n) is 8.55. The first-order chi connectivity index (χ1) is 11.8. The van der Waals surface area contributed by atoms with Crippen molar-refractivity contribution in [3.8, 4) is 0 Å². The highest BCUT2D eigenvalue weighted by atomic mass is 32.1. The minimum atomic E-state index is 0.724. The van der Waals surface area contributed by atoms with E-state index in [4.69, 9.17) is 9.97 Å². The minimum absolute atomic E-state index is 0.724. The van der Waals surface area contributed by atoms with E-state index in [0.717, 1.165) is 35.9 Å². The van der Waals surface area contributed by atoms with Gasteiger partial charge >= 0.3 is 0 Å². The number of aryl methyl sites for hydroxylation is 2.